The second-order valence-electron chi connectivity index (χ2n) is 3.41. The third-order valence-electron chi connectivity index (χ3n) is 2.33. The molecule has 0 aliphatic rings. The third-order valence-corrected chi connectivity index (χ3v) is 2.33. The van der Waals surface area contributed by atoms with Crippen molar-refractivity contribution in [1.82, 2.24) is 4.57 Å². The molecule has 0 spiro atoms. The predicted molar refractivity (Wildman–Crippen MR) is 60.3 cm³/mol. The van der Waals surface area contributed by atoms with E-state index in [-0.39, 0.29) is 5.69 Å². The first-order valence-electron chi connectivity index (χ1n) is 4.82. The van der Waals surface area contributed by atoms with Crippen LogP contribution in [0.1, 0.15) is 5.56 Å². The molecule has 1 aromatic heterocycles. The summed E-state index contributed by atoms with van der Waals surface area (Å²) in [6, 6.07) is 9.05. The smallest absolute Gasteiger partial charge is 0.287 e. The van der Waals surface area contributed by atoms with Gasteiger partial charge in [-0.1, -0.05) is 12.1 Å². The molecule has 5 heteroatoms. The lowest BCUT2D eigenvalue weighted by atomic mass is 10.2. The Hall–Kier alpha value is -2.14. The van der Waals surface area contributed by atoms with E-state index in [4.69, 9.17) is 5.73 Å². The van der Waals surface area contributed by atoms with Crippen LogP contribution in [0.25, 0.3) is 5.69 Å². The molecule has 82 valence electrons. The van der Waals surface area contributed by atoms with Gasteiger partial charge in [0.25, 0.3) is 5.69 Å². The Bertz CT molecular complexity index is 519. The normalized spacial score (nSPS) is 10.3. The van der Waals surface area contributed by atoms with E-state index in [2.05, 4.69) is 0 Å². The van der Waals surface area contributed by atoms with Crippen molar-refractivity contribution < 1.29 is 4.92 Å². The molecule has 0 saturated heterocycles. The van der Waals surface area contributed by atoms with Gasteiger partial charge >= 0.3 is 0 Å². The van der Waals surface area contributed by atoms with Crippen molar-refractivity contribution in [2.45, 2.75) is 6.54 Å². The van der Waals surface area contributed by atoms with Gasteiger partial charge in [0.15, 0.2) is 0 Å². The van der Waals surface area contributed by atoms with Crippen LogP contribution in [0.5, 0.6) is 0 Å². The van der Waals surface area contributed by atoms with Crippen LogP contribution >= 0.6 is 0 Å². The number of hydrogen-bond donors (Lipinski definition) is 1. The average molecular weight is 217 g/mol. The highest BCUT2D eigenvalue weighted by Gasteiger charge is 2.07. The number of nitrogens with two attached hydrogens (primary N) is 1. The zero-order valence-corrected chi connectivity index (χ0v) is 8.54. The summed E-state index contributed by atoms with van der Waals surface area (Å²) in [4.78, 5) is 10.1. The number of nitrogens with zero attached hydrogens (tertiary/aromatic N) is 2. The van der Waals surface area contributed by atoms with E-state index in [1.54, 1.807) is 10.8 Å². The minimum Gasteiger partial charge on any atom is -0.326 e. The van der Waals surface area contributed by atoms with Gasteiger partial charge in [-0.25, -0.2) is 0 Å². The summed E-state index contributed by atoms with van der Waals surface area (Å²) < 4.78 is 1.71. The molecular weight excluding hydrogens is 206 g/mol. The molecule has 0 amide bonds. The molecule has 0 saturated carbocycles. The molecule has 0 atom stereocenters. The van der Waals surface area contributed by atoms with Crippen molar-refractivity contribution >= 4 is 5.69 Å². The van der Waals surface area contributed by atoms with Crippen molar-refractivity contribution in [3.05, 3.63) is 58.4 Å². The number of benzene rings is 1. The van der Waals surface area contributed by atoms with Gasteiger partial charge in [0, 0.05) is 24.5 Å². The SMILES string of the molecule is NCc1cccc(-n2ccc([N+](=O)[O-])c2)c1. The minimum absolute atomic E-state index is 0.0816. The first-order valence-corrected chi connectivity index (χ1v) is 4.82. The van der Waals surface area contributed by atoms with Crippen molar-refractivity contribution in [3.63, 3.8) is 0 Å². The van der Waals surface area contributed by atoms with Crippen LogP contribution in [0.15, 0.2) is 42.7 Å². The van der Waals surface area contributed by atoms with Gasteiger partial charge in [0.05, 0.1) is 11.1 Å². The predicted octanol–water partition coefficient (Wildman–Crippen LogP) is 1.84. The Morgan fingerprint density at radius 1 is 1.38 bits per heavy atom. The summed E-state index contributed by atoms with van der Waals surface area (Å²) in [7, 11) is 0. The Labute approximate surface area is 92.3 Å². The Balaban J connectivity index is 2.38. The highest BCUT2D eigenvalue weighted by Crippen LogP contribution is 2.16. The summed E-state index contributed by atoms with van der Waals surface area (Å²) in [5.74, 6) is 0. The standard InChI is InChI=1S/C11H11N3O2/c12-7-9-2-1-3-10(6-9)13-5-4-11(8-13)14(15)16/h1-6,8H,7,12H2. The van der Waals surface area contributed by atoms with E-state index < -0.39 is 4.92 Å². The van der Waals surface area contributed by atoms with Crippen molar-refractivity contribution in [1.29, 1.82) is 0 Å². The zero-order valence-electron chi connectivity index (χ0n) is 8.54. The molecule has 0 fully saturated rings. The van der Waals surface area contributed by atoms with Crippen molar-refractivity contribution in [3.8, 4) is 5.69 Å². The van der Waals surface area contributed by atoms with Gasteiger partial charge in [0.1, 0.15) is 0 Å². The monoisotopic (exact) mass is 217 g/mol. The maximum Gasteiger partial charge on any atom is 0.287 e. The van der Waals surface area contributed by atoms with E-state index in [0.29, 0.717) is 6.54 Å². The minimum atomic E-state index is -0.413. The molecule has 16 heavy (non-hydrogen) atoms. The highest BCUT2D eigenvalue weighted by molar-refractivity contribution is 5.40. The first-order chi connectivity index (χ1) is 7.70. The van der Waals surface area contributed by atoms with E-state index in [1.807, 2.05) is 24.3 Å². The molecule has 2 rings (SSSR count). The second kappa shape index (κ2) is 4.16. The molecule has 0 unspecified atom stereocenters. The number of nitro groups is 1. The number of hydrogen-bond acceptors (Lipinski definition) is 3. The van der Waals surface area contributed by atoms with Gasteiger partial charge in [-0.05, 0) is 17.7 Å². The molecule has 2 aromatic rings. The molecule has 0 aliphatic heterocycles. The van der Waals surface area contributed by atoms with E-state index >= 15 is 0 Å². The van der Waals surface area contributed by atoms with E-state index in [1.165, 1.54) is 12.3 Å². The molecule has 5 nitrogen and oxygen atoms in total. The van der Waals surface area contributed by atoms with Gasteiger partial charge in [-0.3, -0.25) is 10.1 Å². The van der Waals surface area contributed by atoms with Crippen molar-refractivity contribution in [2.75, 3.05) is 0 Å². The molecule has 1 aromatic carbocycles. The van der Waals surface area contributed by atoms with Gasteiger partial charge in [-0.2, -0.15) is 0 Å². The Morgan fingerprint density at radius 3 is 2.81 bits per heavy atom. The van der Waals surface area contributed by atoms with Gasteiger partial charge < -0.3 is 10.3 Å². The lowest BCUT2D eigenvalue weighted by molar-refractivity contribution is -0.384. The average Bonchev–Trinajstić information content (AvgIpc) is 2.78. The summed E-state index contributed by atoms with van der Waals surface area (Å²) in [6.45, 7) is 0.456. The van der Waals surface area contributed by atoms with Crippen LogP contribution in [0.2, 0.25) is 0 Å². The second-order valence-corrected chi connectivity index (χ2v) is 3.41. The van der Waals surface area contributed by atoms with Crippen LogP contribution in [0, 0.1) is 10.1 Å². The lowest BCUT2D eigenvalue weighted by Crippen LogP contribution is -1.98. The molecule has 0 aliphatic carbocycles. The van der Waals surface area contributed by atoms with Crippen LogP contribution < -0.4 is 5.73 Å². The van der Waals surface area contributed by atoms with Gasteiger partial charge in [0.2, 0.25) is 0 Å². The molecule has 0 bridgehead atoms. The highest BCUT2D eigenvalue weighted by atomic mass is 16.6. The summed E-state index contributed by atoms with van der Waals surface area (Å²) in [6.07, 6.45) is 3.14. The fourth-order valence-corrected chi connectivity index (χ4v) is 1.50. The summed E-state index contributed by atoms with van der Waals surface area (Å²) in [5, 5.41) is 10.5. The van der Waals surface area contributed by atoms with Crippen LogP contribution in [0.4, 0.5) is 5.69 Å². The lowest BCUT2D eigenvalue weighted by Gasteiger charge is -2.03. The fraction of sp³-hybridized carbons (Fsp3) is 0.0909. The van der Waals surface area contributed by atoms with E-state index in [9.17, 15) is 10.1 Å². The molecule has 0 radical (unpaired) electrons. The molecule has 1 heterocycles. The van der Waals surface area contributed by atoms with Crippen LogP contribution in [0.3, 0.4) is 0 Å². The zero-order chi connectivity index (χ0) is 11.5. The third kappa shape index (κ3) is 1.94. The largest absolute Gasteiger partial charge is 0.326 e. The Kier molecular flexibility index (Phi) is 2.70. The summed E-state index contributed by atoms with van der Waals surface area (Å²) >= 11 is 0. The summed E-state index contributed by atoms with van der Waals surface area (Å²) in [5.41, 5.74) is 7.48. The molecule has 2 N–H and O–H groups in total. The van der Waals surface area contributed by atoms with Gasteiger partial charge in [-0.15, -0.1) is 0 Å². The van der Waals surface area contributed by atoms with E-state index in [0.717, 1.165) is 11.3 Å². The van der Waals surface area contributed by atoms with Crippen molar-refractivity contribution in [2.24, 2.45) is 5.73 Å². The quantitative estimate of drug-likeness (QED) is 0.629. The maximum atomic E-state index is 10.5. The van der Waals surface area contributed by atoms with Crippen LogP contribution in [-0.4, -0.2) is 9.49 Å². The Morgan fingerprint density at radius 2 is 2.19 bits per heavy atom. The molecular formula is C11H11N3O2. The first kappa shape index (κ1) is 10.4. The maximum absolute atomic E-state index is 10.5. The topological polar surface area (TPSA) is 74.1 Å². The number of rotatable bonds is 3. The fourth-order valence-electron chi connectivity index (χ4n) is 1.50. The van der Waals surface area contributed by atoms with Crippen LogP contribution in [-0.2, 0) is 6.54 Å². The number of aromatic nitrogens is 1.